The minimum Gasteiger partial charge on any atom is -0.467 e. The van der Waals surface area contributed by atoms with E-state index in [1.165, 1.54) is 11.1 Å². The van der Waals surface area contributed by atoms with Crippen molar-refractivity contribution < 1.29 is 9.21 Å². The molecular formula is C16H18N2O2. The molecule has 2 aromatic rings. The average molecular weight is 270 g/mol. The van der Waals surface area contributed by atoms with E-state index in [4.69, 9.17) is 4.42 Å². The van der Waals surface area contributed by atoms with Crippen molar-refractivity contribution in [2.45, 2.75) is 31.8 Å². The highest BCUT2D eigenvalue weighted by Crippen LogP contribution is 2.29. The van der Waals surface area contributed by atoms with Gasteiger partial charge in [-0.2, -0.15) is 0 Å². The van der Waals surface area contributed by atoms with Crippen LogP contribution in [0.5, 0.6) is 0 Å². The van der Waals surface area contributed by atoms with E-state index in [9.17, 15) is 4.79 Å². The third-order valence-electron chi connectivity index (χ3n) is 3.68. The second kappa shape index (κ2) is 5.82. The van der Waals surface area contributed by atoms with Gasteiger partial charge in [-0.25, -0.2) is 4.79 Å². The average Bonchev–Trinajstić information content (AvgIpc) is 2.99. The molecule has 3 rings (SSSR count). The summed E-state index contributed by atoms with van der Waals surface area (Å²) in [6.45, 7) is 0.410. The predicted molar refractivity (Wildman–Crippen MR) is 76.2 cm³/mol. The van der Waals surface area contributed by atoms with Gasteiger partial charge >= 0.3 is 6.03 Å². The van der Waals surface area contributed by atoms with Crippen molar-refractivity contribution in [3.05, 3.63) is 59.5 Å². The van der Waals surface area contributed by atoms with Crippen molar-refractivity contribution in [3.63, 3.8) is 0 Å². The van der Waals surface area contributed by atoms with E-state index < -0.39 is 0 Å². The van der Waals surface area contributed by atoms with E-state index in [0.717, 1.165) is 25.0 Å². The summed E-state index contributed by atoms with van der Waals surface area (Å²) < 4.78 is 5.19. The SMILES string of the molecule is O=C(NCc1ccco1)N[C@@H]1CCCc2ccccc21. The van der Waals surface area contributed by atoms with Crippen LogP contribution in [0, 0.1) is 0 Å². The zero-order valence-electron chi connectivity index (χ0n) is 11.3. The molecule has 4 heteroatoms. The molecule has 2 amide bonds. The number of aryl methyl sites for hydroxylation is 1. The Bertz CT molecular complexity index is 578. The maximum atomic E-state index is 12.0. The molecule has 2 N–H and O–H groups in total. The van der Waals surface area contributed by atoms with Crippen molar-refractivity contribution in [1.82, 2.24) is 10.6 Å². The van der Waals surface area contributed by atoms with Crippen LogP contribution in [0.4, 0.5) is 4.79 Å². The lowest BCUT2D eigenvalue weighted by atomic mass is 9.88. The Morgan fingerprint density at radius 3 is 3.00 bits per heavy atom. The fourth-order valence-corrected chi connectivity index (χ4v) is 2.69. The van der Waals surface area contributed by atoms with Crippen LogP contribution < -0.4 is 10.6 Å². The summed E-state index contributed by atoms with van der Waals surface area (Å²) in [7, 11) is 0. The molecule has 0 radical (unpaired) electrons. The molecule has 1 aliphatic rings. The molecule has 0 fully saturated rings. The number of fused-ring (bicyclic) bond motifs is 1. The largest absolute Gasteiger partial charge is 0.467 e. The quantitative estimate of drug-likeness (QED) is 0.900. The molecule has 1 aliphatic carbocycles. The third kappa shape index (κ3) is 2.85. The molecule has 0 spiro atoms. The van der Waals surface area contributed by atoms with Gasteiger partial charge in [-0.3, -0.25) is 0 Å². The van der Waals surface area contributed by atoms with Crippen LogP contribution in [0.3, 0.4) is 0 Å². The Balaban J connectivity index is 1.59. The van der Waals surface area contributed by atoms with Gasteiger partial charge in [0.2, 0.25) is 0 Å². The van der Waals surface area contributed by atoms with Crippen molar-refractivity contribution >= 4 is 6.03 Å². The molecule has 1 aromatic heterocycles. The van der Waals surface area contributed by atoms with Crippen LogP contribution in [0.1, 0.15) is 35.8 Å². The van der Waals surface area contributed by atoms with Gasteiger partial charge < -0.3 is 15.1 Å². The minimum atomic E-state index is -0.150. The molecule has 0 saturated carbocycles. The summed E-state index contributed by atoms with van der Waals surface area (Å²) in [5.74, 6) is 0.754. The summed E-state index contributed by atoms with van der Waals surface area (Å²) in [4.78, 5) is 12.0. The summed E-state index contributed by atoms with van der Waals surface area (Å²) in [6, 6.07) is 11.9. The minimum absolute atomic E-state index is 0.108. The monoisotopic (exact) mass is 270 g/mol. The lowest BCUT2D eigenvalue weighted by Gasteiger charge is -2.26. The first-order chi connectivity index (χ1) is 9.83. The number of furan rings is 1. The fourth-order valence-electron chi connectivity index (χ4n) is 2.69. The standard InChI is InChI=1S/C16H18N2O2/c19-16(17-11-13-7-4-10-20-13)18-15-9-3-6-12-5-1-2-8-14(12)15/h1-2,4-5,7-8,10,15H,3,6,9,11H2,(H2,17,18,19)/t15-/m1/s1. The Labute approximate surface area is 118 Å². The number of carbonyl (C=O) groups excluding carboxylic acids is 1. The van der Waals surface area contributed by atoms with Crippen molar-refractivity contribution in [3.8, 4) is 0 Å². The molecule has 1 aromatic carbocycles. The van der Waals surface area contributed by atoms with Gasteiger partial charge in [-0.15, -0.1) is 0 Å². The number of urea groups is 1. The molecule has 0 unspecified atom stereocenters. The molecule has 0 aliphatic heterocycles. The number of rotatable bonds is 3. The van der Waals surface area contributed by atoms with E-state index in [-0.39, 0.29) is 12.1 Å². The highest BCUT2D eigenvalue weighted by atomic mass is 16.3. The number of hydrogen-bond donors (Lipinski definition) is 2. The topological polar surface area (TPSA) is 54.3 Å². The van der Waals surface area contributed by atoms with Crippen LogP contribution in [-0.4, -0.2) is 6.03 Å². The van der Waals surface area contributed by atoms with E-state index in [2.05, 4.69) is 28.8 Å². The highest BCUT2D eigenvalue weighted by molar-refractivity contribution is 5.74. The van der Waals surface area contributed by atoms with E-state index in [0.29, 0.717) is 6.54 Å². The Hall–Kier alpha value is -2.23. The number of carbonyl (C=O) groups is 1. The van der Waals surface area contributed by atoms with Gasteiger partial charge in [0, 0.05) is 0 Å². The van der Waals surface area contributed by atoms with Crippen LogP contribution in [-0.2, 0) is 13.0 Å². The molecule has 1 heterocycles. The Kier molecular flexibility index (Phi) is 3.72. The van der Waals surface area contributed by atoms with Gasteiger partial charge in [0.25, 0.3) is 0 Å². The molecular weight excluding hydrogens is 252 g/mol. The van der Waals surface area contributed by atoms with Gasteiger partial charge in [0.05, 0.1) is 18.8 Å². The Morgan fingerprint density at radius 1 is 1.25 bits per heavy atom. The zero-order valence-corrected chi connectivity index (χ0v) is 11.3. The fraction of sp³-hybridized carbons (Fsp3) is 0.312. The van der Waals surface area contributed by atoms with Crippen LogP contribution in [0.2, 0.25) is 0 Å². The van der Waals surface area contributed by atoms with Gasteiger partial charge in [0.1, 0.15) is 5.76 Å². The molecule has 20 heavy (non-hydrogen) atoms. The van der Waals surface area contributed by atoms with E-state index in [1.807, 2.05) is 18.2 Å². The molecule has 4 nitrogen and oxygen atoms in total. The lowest BCUT2D eigenvalue weighted by Crippen LogP contribution is -2.38. The number of amides is 2. The van der Waals surface area contributed by atoms with Gasteiger partial charge in [-0.05, 0) is 42.5 Å². The second-order valence-corrected chi connectivity index (χ2v) is 5.05. The normalized spacial score (nSPS) is 17.3. The maximum Gasteiger partial charge on any atom is 0.315 e. The molecule has 0 bridgehead atoms. The smallest absolute Gasteiger partial charge is 0.315 e. The predicted octanol–water partition coefficient (Wildman–Crippen LogP) is 3.16. The number of nitrogens with one attached hydrogen (secondary N) is 2. The number of hydrogen-bond acceptors (Lipinski definition) is 2. The van der Waals surface area contributed by atoms with E-state index in [1.54, 1.807) is 6.26 Å². The summed E-state index contributed by atoms with van der Waals surface area (Å²) >= 11 is 0. The molecule has 104 valence electrons. The second-order valence-electron chi connectivity index (χ2n) is 5.05. The first-order valence-electron chi connectivity index (χ1n) is 6.97. The molecule has 0 saturated heterocycles. The van der Waals surface area contributed by atoms with Crippen molar-refractivity contribution in [1.29, 1.82) is 0 Å². The first kappa shape index (κ1) is 12.8. The van der Waals surface area contributed by atoms with Crippen molar-refractivity contribution in [2.24, 2.45) is 0 Å². The number of benzene rings is 1. The van der Waals surface area contributed by atoms with Crippen LogP contribution in [0.15, 0.2) is 47.1 Å². The van der Waals surface area contributed by atoms with Crippen LogP contribution >= 0.6 is 0 Å². The Morgan fingerprint density at radius 2 is 2.15 bits per heavy atom. The van der Waals surface area contributed by atoms with E-state index >= 15 is 0 Å². The lowest BCUT2D eigenvalue weighted by molar-refractivity contribution is 0.234. The molecule has 1 atom stereocenters. The third-order valence-corrected chi connectivity index (χ3v) is 3.68. The van der Waals surface area contributed by atoms with Crippen molar-refractivity contribution in [2.75, 3.05) is 0 Å². The summed E-state index contributed by atoms with van der Waals surface area (Å²) in [5.41, 5.74) is 2.59. The van der Waals surface area contributed by atoms with Crippen LogP contribution in [0.25, 0.3) is 0 Å². The van der Waals surface area contributed by atoms with Gasteiger partial charge in [0.15, 0.2) is 0 Å². The summed E-state index contributed by atoms with van der Waals surface area (Å²) in [5, 5.41) is 5.87. The maximum absolute atomic E-state index is 12.0. The highest BCUT2D eigenvalue weighted by Gasteiger charge is 2.21. The summed E-state index contributed by atoms with van der Waals surface area (Å²) in [6.07, 6.45) is 4.81. The zero-order chi connectivity index (χ0) is 13.8. The van der Waals surface area contributed by atoms with Gasteiger partial charge in [-0.1, -0.05) is 24.3 Å². The first-order valence-corrected chi connectivity index (χ1v) is 6.97.